The highest BCUT2D eigenvalue weighted by molar-refractivity contribution is 5.69. The molecule has 0 aromatic heterocycles. The van der Waals surface area contributed by atoms with E-state index < -0.39 is 23.1 Å². The van der Waals surface area contributed by atoms with Gasteiger partial charge in [-0.3, -0.25) is 0 Å². The first-order valence-electron chi connectivity index (χ1n) is 11.1. The summed E-state index contributed by atoms with van der Waals surface area (Å²) in [6.07, 6.45) is 0.370. The first-order chi connectivity index (χ1) is 15.2. The molecule has 2 aromatic rings. The van der Waals surface area contributed by atoms with Crippen LogP contribution in [0.5, 0.6) is 46.0 Å². The molecule has 4 aliphatic heterocycles. The molecule has 0 fully saturated rings. The van der Waals surface area contributed by atoms with E-state index in [-0.39, 0.29) is 0 Å². The molecule has 0 bridgehead atoms. The lowest BCUT2D eigenvalue weighted by atomic mass is 9.99. The van der Waals surface area contributed by atoms with E-state index in [0.717, 1.165) is 11.1 Å². The van der Waals surface area contributed by atoms with Crippen LogP contribution >= 0.6 is 0 Å². The average molecular weight is 456 g/mol. The summed E-state index contributed by atoms with van der Waals surface area (Å²) in [5, 5.41) is 0. The highest BCUT2D eigenvalue weighted by Crippen LogP contribution is 2.58. The van der Waals surface area contributed by atoms with Gasteiger partial charge in [0.1, 0.15) is 0 Å². The summed E-state index contributed by atoms with van der Waals surface area (Å²) in [4.78, 5) is 0. The maximum absolute atomic E-state index is 6.21. The minimum Gasteiger partial charge on any atom is -0.449 e. The highest BCUT2D eigenvalue weighted by Gasteiger charge is 2.45. The molecule has 0 amide bonds. The highest BCUT2D eigenvalue weighted by atomic mass is 16.8. The molecule has 0 unspecified atom stereocenters. The van der Waals surface area contributed by atoms with E-state index in [1.165, 1.54) is 0 Å². The predicted molar refractivity (Wildman–Crippen MR) is 117 cm³/mol. The Kier molecular flexibility index (Phi) is 3.62. The van der Waals surface area contributed by atoms with Gasteiger partial charge in [-0.25, -0.2) is 0 Å². The van der Waals surface area contributed by atoms with Gasteiger partial charge in [0.05, 0.1) is 0 Å². The number of hydrogen-bond donors (Lipinski definition) is 0. The molecule has 8 nitrogen and oxygen atoms in total. The van der Waals surface area contributed by atoms with Crippen molar-refractivity contribution >= 4 is 0 Å². The summed E-state index contributed by atoms with van der Waals surface area (Å²) in [7, 11) is 0. The fraction of sp³-hybridized carbons (Fsp3) is 0.520. The summed E-state index contributed by atoms with van der Waals surface area (Å²) >= 11 is 0. The van der Waals surface area contributed by atoms with Gasteiger partial charge in [0.2, 0.25) is 23.1 Å². The molecule has 2 aromatic carbocycles. The molecule has 4 aliphatic rings. The maximum atomic E-state index is 6.21. The molecule has 0 spiro atoms. The van der Waals surface area contributed by atoms with Gasteiger partial charge >= 0.3 is 0 Å². The van der Waals surface area contributed by atoms with Crippen molar-refractivity contribution in [1.29, 1.82) is 0 Å². The normalized spacial score (nSPS) is 22.5. The van der Waals surface area contributed by atoms with Crippen LogP contribution in [-0.2, 0) is 6.42 Å². The van der Waals surface area contributed by atoms with Crippen LogP contribution in [0.25, 0.3) is 0 Å². The molecular formula is C25H28O8. The maximum Gasteiger partial charge on any atom is 0.246 e. The van der Waals surface area contributed by atoms with Crippen LogP contribution in [0, 0.1) is 0 Å². The summed E-state index contributed by atoms with van der Waals surface area (Å²) in [5.74, 6) is 1.62. The minimum absolute atomic E-state index is 0.370. The van der Waals surface area contributed by atoms with Gasteiger partial charge in [0.15, 0.2) is 46.0 Å². The Balaban J connectivity index is 1.54. The van der Waals surface area contributed by atoms with Crippen LogP contribution in [0.15, 0.2) is 12.1 Å². The third-order valence-electron chi connectivity index (χ3n) is 5.68. The lowest BCUT2D eigenvalue weighted by Gasteiger charge is -2.20. The second-order valence-corrected chi connectivity index (χ2v) is 10.6. The molecule has 6 rings (SSSR count). The van der Waals surface area contributed by atoms with Crippen LogP contribution in [-0.4, -0.2) is 23.1 Å². The summed E-state index contributed by atoms with van der Waals surface area (Å²) in [6.45, 7) is 14.9. The van der Waals surface area contributed by atoms with E-state index in [1.807, 2.05) is 67.5 Å². The molecule has 0 aliphatic carbocycles. The van der Waals surface area contributed by atoms with Crippen molar-refractivity contribution in [3.05, 3.63) is 23.3 Å². The Morgan fingerprint density at radius 3 is 0.909 bits per heavy atom. The van der Waals surface area contributed by atoms with Gasteiger partial charge < -0.3 is 37.9 Å². The SMILES string of the molecule is CC1(C)Oc2cc3c(c(Cc4c5c(cc6c4OC(C)(C)O6)OC(C)(C)O5)c2O1)OC(C)(C)O3. The van der Waals surface area contributed by atoms with Gasteiger partial charge in [0, 0.05) is 85.1 Å². The molecule has 8 heteroatoms. The van der Waals surface area contributed by atoms with Crippen molar-refractivity contribution in [2.75, 3.05) is 0 Å². The number of rotatable bonds is 2. The lowest BCUT2D eigenvalue weighted by molar-refractivity contribution is -0.0490. The average Bonchev–Trinajstić information content (AvgIpc) is 3.31. The van der Waals surface area contributed by atoms with Gasteiger partial charge in [-0.1, -0.05) is 0 Å². The van der Waals surface area contributed by atoms with E-state index in [1.54, 1.807) is 0 Å². The monoisotopic (exact) mass is 456 g/mol. The first kappa shape index (κ1) is 20.4. The molecular weight excluding hydrogens is 428 g/mol. The van der Waals surface area contributed by atoms with Gasteiger partial charge in [-0.2, -0.15) is 0 Å². The molecule has 0 atom stereocenters. The quantitative estimate of drug-likeness (QED) is 0.602. The van der Waals surface area contributed by atoms with Crippen molar-refractivity contribution in [2.45, 2.75) is 85.0 Å². The van der Waals surface area contributed by atoms with E-state index >= 15 is 0 Å². The smallest absolute Gasteiger partial charge is 0.246 e. The molecule has 4 heterocycles. The fourth-order valence-electron chi connectivity index (χ4n) is 4.68. The minimum atomic E-state index is -0.814. The number of fused-ring (bicyclic) bond motifs is 4. The van der Waals surface area contributed by atoms with E-state index in [2.05, 4.69) is 0 Å². The molecule has 0 N–H and O–H groups in total. The van der Waals surface area contributed by atoms with Gasteiger partial charge in [-0.15, -0.1) is 0 Å². The summed E-state index contributed by atoms with van der Waals surface area (Å²) in [5.41, 5.74) is 1.58. The third kappa shape index (κ3) is 3.18. The molecule has 0 radical (unpaired) electrons. The lowest BCUT2D eigenvalue weighted by Crippen LogP contribution is -2.31. The van der Waals surface area contributed by atoms with Crippen molar-refractivity contribution in [3.63, 3.8) is 0 Å². The van der Waals surface area contributed by atoms with Gasteiger partial charge in [-0.05, 0) is 0 Å². The predicted octanol–water partition coefficient (Wildman–Crippen LogP) is 5.31. The van der Waals surface area contributed by atoms with E-state index in [0.29, 0.717) is 52.4 Å². The Labute approximate surface area is 192 Å². The van der Waals surface area contributed by atoms with E-state index in [9.17, 15) is 0 Å². The molecule has 0 saturated carbocycles. The molecule has 33 heavy (non-hydrogen) atoms. The second-order valence-electron chi connectivity index (χ2n) is 10.6. The number of hydrogen-bond acceptors (Lipinski definition) is 8. The van der Waals surface area contributed by atoms with Crippen LogP contribution in [0.3, 0.4) is 0 Å². The van der Waals surface area contributed by atoms with Gasteiger partial charge in [0.25, 0.3) is 0 Å². The molecule has 176 valence electrons. The zero-order valence-electron chi connectivity index (χ0n) is 20.1. The number of benzene rings is 2. The Hall–Kier alpha value is -3.16. The largest absolute Gasteiger partial charge is 0.449 e. The van der Waals surface area contributed by atoms with E-state index in [4.69, 9.17) is 37.9 Å². The van der Waals surface area contributed by atoms with Crippen molar-refractivity contribution < 1.29 is 37.9 Å². The second kappa shape index (κ2) is 5.85. The summed E-state index contributed by atoms with van der Waals surface area (Å²) < 4.78 is 49.0. The Morgan fingerprint density at radius 1 is 0.424 bits per heavy atom. The Morgan fingerprint density at radius 2 is 0.667 bits per heavy atom. The zero-order valence-corrected chi connectivity index (χ0v) is 20.1. The van der Waals surface area contributed by atoms with Crippen molar-refractivity contribution in [2.24, 2.45) is 0 Å². The van der Waals surface area contributed by atoms with Crippen LogP contribution in [0.1, 0.15) is 66.5 Å². The fourth-order valence-corrected chi connectivity index (χ4v) is 4.68. The summed E-state index contributed by atoms with van der Waals surface area (Å²) in [6, 6.07) is 3.64. The Bertz CT molecular complexity index is 1030. The zero-order chi connectivity index (χ0) is 23.6. The van der Waals surface area contributed by atoms with Crippen molar-refractivity contribution in [1.82, 2.24) is 0 Å². The van der Waals surface area contributed by atoms with Crippen LogP contribution in [0.2, 0.25) is 0 Å². The topological polar surface area (TPSA) is 73.8 Å². The number of ether oxygens (including phenoxy) is 8. The van der Waals surface area contributed by atoms with Crippen LogP contribution in [0.4, 0.5) is 0 Å². The van der Waals surface area contributed by atoms with Crippen molar-refractivity contribution in [3.8, 4) is 46.0 Å². The third-order valence-corrected chi connectivity index (χ3v) is 5.68. The molecule has 0 saturated heterocycles. The van der Waals surface area contributed by atoms with Crippen LogP contribution < -0.4 is 37.9 Å². The first-order valence-corrected chi connectivity index (χ1v) is 11.1. The standard InChI is InChI=1S/C25H28O8/c1-22(2)26-14-10-15-19(31-23(3,4)27-15)12(18(14)30-22)9-13-20-16(28-24(5,6)32-20)11-17-21(13)33-25(7,8)29-17/h10-11H,9H2,1-8H3.